The average molecular weight is 245 g/mol. The van der Waals surface area contributed by atoms with E-state index in [2.05, 4.69) is 43.2 Å². The van der Waals surface area contributed by atoms with Crippen molar-refractivity contribution in [1.82, 2.24) is 15.5 Å². The molecule has 0 saturated heterocycles. The van der Waals surface area contributed by atoms with Crippen LogP contribution in [0, 0.1) is 0 Å². The zero-order valence-corrected chi connectivity index (χ0v) is 12.0. The lowest BCUT2D eigenvalue weighted by atomic mass is 10.2. The van der Waals surface area contributed by atoms with Crippen LogP contribution in [0.15, 0.2) is 0 Å². The summed E-state index contributed by atoms with van der Waals surface area (Å²) in [6.45, 7) is 13.0. The molecule has 0 saturated carbocycles. The number of rotatable bonds is 8. The highest BCUT2D eigenvalue weighted by Crippen LogP contribution is 1.99. The van der Waals surface area contributed by atoms with Gasteiger partial charge in [0, 0.05) is 12.6 Å². The highest BCUT2D eigenvalue weighted by molar-refractivity contribution is 7.80. The highest BCUT2D eigenvalue weighted by atomic mass is 32.1. The van der Waals surface area contributed by atoms with Gasteiger partial charge in [-0.3, -0.25) is 0 Å². The van der Waals surface area contributed by atoms with Crippen molar-refractivity contribution < 1.29 is 0 Å². The molecule has 0 rings (SSSR count). The van der Waals surface area contributed by atoms with E-state index in [1.165, 1.54) is 19.4 Å². The van der Waals surface area contributed by atoms with Crippen molar-refractivity contribution in [3.8, 4) is 0 Å². The molecule has 0 aromatic carbocycles. The van der Waals surface area contributed by atoms with Gasteiger partial charge in [0.25, 0.3) is 0 Å². The SMILES string of the molecule is CCNC(=S)NC(C)CCCN(CC)CC. The van der Waals surface area contributed by atoms with Crippen LogP contribution in [-0.2, 0) is 0 Å². The Balaban J connectivity index is 3.56. The van der Waals surface area contributed by atoms with Crippen LogP contribution in [0.5, 0.6) is 0 Å². The molecule has 0 aromatic rings. The molecule has 0 fully saturated rings. The first-order chi connectivity index (χ1) is 7.63. The van der Waals surface area contributed by atoms with Crippen molar-refractivity contribution >= 4 is 17.3 Å². The van der Waals surface area contributed by atoms with Gasteiger partial charge in [-0.15, -0.1) is 0 Å². The first-order valence-corrected chi connectivity index (χ1v) is 6.81. The summed E-state index contributed by atoms with van der Waals surface area (Å²) < 4.78 is 0. The standard InChI is InChI=1S/C12H27N3S/c1-5-13-12(16)14-11(4)9-8-10-15(6-2)7-3/h11H,5-10H2,1-4H3,(H2,13,14,16). The fourth-order valence-corrected chi connectivity index (χ4v) is 2.01. The molecule has 1 unspecified atom stereocenters. The third-order valence-electron chi connectivity index (χ3n) is 2.72. The van der Waals surface area contributed by atoms with Gasteiger partial charge < -0.3 is 15.5 Å². The van der Waals surface area contributed by atoms with Gasteiger partial charge in [0.05, 0.1) is 0 Å². The summed E-state index contributed by atoms with van der Waals surface area (Å²) in [5, 5.41) is 7.18. The largest absolute Gasteiger partial charge is 0.363 e. The van der Waals surface area contributed by atoms with Gasteiger partial charge >= 0.3 is 0 Å². The van der Waals surface area contributed by atoms with Crippen LogP contribution in [0.2, 0.25) is 0 Å². The van der Waals surface area contributed by atoms with E-state index in [0.717, 1.165) is 24.7 Å². The second-order valence-electron chi connectivity index (χ2n) is 4.07. The molecule has 3 nitrogen and oxygen atoms in total. The van der Waals surface area contributed by atoms with Crippen molar-refractivity contribution in [3.05, 3.63) is 0 Å². The first-order valence-electron chi connectivity index (χ1n) is 6.40. The molecule has 2 N–H and O–H groups in total. The second kappa shape index (κ2) is 9.85. The van der Waals surface area contributed by atoms with Gasteiger partial charge in [-0.25, -0.2) is 0 Å². The predicted molar refractivity (Wildman–Crippen MR) is 75.9 cm³/mol. The third kappa shape index (κ3) is 7.88. The molecule has 0 amide bonds. The minimum atomic E-state index is 0.460. The van der Waals surface area contributed by atoms with Crippen molar-refractivity contribution in [2.24, 2.45) is 0 Å². The topological polar surface area (TPSA) is 27.3 Å². The zero-order valence-electron chi connectivity index (χ0n) is 11.2. The van der Waals surface area contributed by atoms with Crippen LogP contribution < -0.4 is 10.6 Å². The van der Waals surface area contributed by atoms with E-state index in [4.69, 9.17) is 12.2 Å². The maximum Gasteiger partial charge on any atom is 0.166 e. The molecule has 4 heteroatoms. The van der Waals surface area contributed by atoms with E-state index in [0.29, 0.717) is 6.04 Å². The molecule has 0 spiro atoms. The Morgan fingerprint density at radius 1 is 1.25 bits per heavy atom. The molecule has 0 bridgehead atoms. The maximum absolute atomic E-state index is 5.14. The Hall–Kier alpha value is -0.350. The number of nitrogens with zero attached hydrogens (tertiary/aromatic N) is 1. The summed E-state index contributed by atoms with van der Waals surface area (Å²) in [4.78, 5) is 2.45. The predicted octanol–water partition coefficient (Wildman–Crippen LogP) is 1.98. The number of hydrogen-bond acceptors (Lipinski definition) is 2. The second-order valence-corrected chi connectivity index (χ2v) is 4.48. The summed E-state index contributed by atoms with van der Waals surface area (Å²) in [6.07, 6.45) is 2.40. The molecular formula is C12H27N3S. The maximum atomic E-state index is 5.14. The minimum absolute atomic E-state index is 0.460. The smallest absolute Gasteiger partial charge is 0.166 e. The molecule has 0 heterocycles. The first kappa shape index (κ1) is 15.7. The Labute approximate surface area is 106 Å². The lowest BCUT2D eigenvalue weighted by Gasteiger charge is -2.20. The van der Waals surface area contributed by atoms with Crippen LogP contribution >= 0.6 is 12.2 Å². The van der Waals surface area contributed by atoms with Crippen LogP contribution in [-0.4, -0.2) is 42.2 Å². The van der Waals surface area contributed by atoms with E-state index in [1.807, 2.05) is 0 Å². The molecule has 0 radical (unpaired) electrons. The van der Waals surface area contributed by atoms with Crippen molar-refractivity contribution in [2.45, 2.75) is 46.6 Å². The number of hydrogen-bond donors (Lipinski definition) is 2. The van der Waals surface area contributed by atoms with Crippen molar-refractivity contribution in [1.29, 1.82) is 0 Å². The van der Waals surface area contributed by atoms with Gasteiger partial charge in [0.2, 0.25) is 0 Å². The Bertz CT molecular complexity index is 181. The Kier molecular flexibility index (Phi) is 9.63. The van der Waals surface area contributed by atoms with E-state index >= 15 is 0 Å². The fraction of sp³-hybridized carbons (Fsp3) is 0.917. The molecule has 0 aliphatic rings. The van der Waals surface area contributed by atoms with Gasteiger partial charge in [-0.05, 0) is 58.5 Å². The Morgan fingerprint density at radius 3 is 2.38 bits per heavy atom. The summed E-state index contributed by atoms with van der Waals surface area (Å²) >= 11 is 5.14. The van der Waals surface area contributed by atoms with Gasteiger partial charge in [-0.2, -0.15) is 0 Å². The fourth-order valence-electron chi connectivity index (χ4n) is 1.67. The van der Waals surface area contributed by atoms with Crippen LogP contribution in [0.1, 0.15) is 40.5 Å². The van der Waals surface area contributed by atoms with Crippen LogP contribution in [0.25, 0.3) is 0 Å². The van der Waals surface area contributed by atoms with E-state index in [9.17, 15) is 0 Å². The lowest BCUT2D eigenvalue weighted by molar-refractivity contribution is 0.292. The number of nitrogens with one attached hydrogen (secondary N) is 2. The van der Waals surface area contributed by atoms with E-state index in [-0.39, 0.29) is 0 Å². The Morgan fingerprint density at radius 2 is 1.88 bits per heavy atom. The molecule has 0 aliphatic heterocycles. The number of thiocarbonyl (C=S) groups is 1. The van der Waals surface area contributed by atoms with Gasteiger partial charge in [0.1, 0.15) is 0 Å². The highest BCUT2D eigenvalue weighted by Gasteiger charge is 2.04. The zero-order chi connectivity index (χ0) is 12.4. The monoisotopic (exact) mass is 245 g/mol. The summed E-state index contributed by atoms with van der Waals surface area (Å²) in [5.41, 5.74) is 0. The summed E-state index contributed by atoms with van der Waals surface area (Å²) in [6, 6.07) is 0.460. The quantitative estimate of drug-likeness (QED) is 0.640. The van der Waals surface area contributed by atoms with E-state index in [1.54, 1.807) is 0 Å². The van der Waals surface area contributed by atoms with E-state index < -0.39 is 0 Å². The van der Waals surface area contributed by atoms with Crippen LogP contribution in [0.4, 0.5) is 0 Å². The van der Waals surface area contributed by atoms with Crippen LogP contribution in [0.3, 0.4) is 0 Å². The average Bonchev–Trinajstić information content (AvgIpc) is 2.24. The third-order valence-corrected chi connectivity index (χ3v) is 2.98. The lowest BCUT2D eigenvalue weighted by Crippen LogP contribution is -2.40. The van der Waals surface area contributed by atoms with Gasteiger partial charge in [0.15, 0.2) is 5.11 Å². The van der Waals surface area contributed by atoms with Gasteiger partial charge in [-0.1, -0.05) is 13.8 Å². The van der Waals surface area contributed by atoms with Crippen molar-refractivity contribution in [2.75, 3.05) is 26.2 Å². The summed E-state index contributed by atoms with van der Waals surface area (Å²) in [7, 11) is 0. The molecule has 0 aliphatic carbocycles. The molecule has 96 valence electrons. The minimum Gasteiger partial charge on any atom is -0.363 e. The van der Waals surface area contributed by atoms with Crippen molar-refractivity contribution in [3.63, 3.8) is 0 Å². The molecular weight excluding hydrogens is 218 g/mol. The molecule has 16 heavy (non-hydrogen) atoms. The molecule has 0 aromatic heterocycles. The molecule has 1 atom stereocenters. The summed E-state index contributed by atoms with van der Waals surface area (Å²) in [5.74, 6) is 0. The normalized spacial score (nSPS) is 12.6.